The van der Waals surface area contributed by atoms with Gasteiger partial charge in [-0.3, -0.25) is 14.2 Å². The van der Waals surface area contributed by atoms with Crippen molar-refractivity contribution >= 4 is 45.3 Å². The van der Waals surface area contributed by atoms with Crippen LogP contribution in [0.1, 0.15) is 15.9 Å². The molecule has 0 aliphatic rings. The highest BCUT2D eigenvalue weighted by Gasteiger charge is 2.31. The van der Waals surface area contributed by atoms with Crippen LogP contribution in [0.25, 0.3) is 27.8 Å². The number of nitrogens with zero attached hydrogens (tertiary/aromatic N) is 4. The molecule has 0 fully saturated rings. The predicted octanol–water partition coefficient (Wildman–Crippen LogP) is 6.99. The van der Waals surface area contributed by atoms with Crippen molar-refractivity contribution in [2.75, 3.05) is 5.32 Å². The number of aryl methyl sites for hydroxylation is 1. The van der Waals surface area contributed by atoms with Gasteiger partial charge in [-0.15, -0.1) is 0 Å². The summed E-state index contributed by atoms with van der Waals surface area (Å²) in [5.74, 6) is 0.404. The molecule has 0 spiro atoms. The average Bonchev–Trinajstić information content (AvgIpc) is 3.35. The summed E-state index contributed by atoms with van der Waals surface area (Å²) < 4.78 is 48.5. The third kappa shape index (κ3) is 4.94. The number of pyridine rings is 3. The van der Waals surface area contributed by atoms with E-state index in [9.17, 15) is 22.8 Å². The first-order chi connectivity index (χ1) is 20.1. The number of hydrogen-bond donors (Lipinski definition) is 1. The number of halogens is 4. The second-order valence-electron chi connectivity index (χ2n) is 9.33. The van der Waals surface area contributed by atoms with Gasteiger partial charge in [-0.05, 0) is 72.8 Å². The average molecular weight is 590 g/mol. The summed E-state index contributed by atoms with van der Waals surface area (Å²) in [6.45, 7) is 0. The molecule has 0 saturated heterocycles. The number of ether oxygens (including phenoxy) is 1. The van der Waals surface area contributed by atoms with E-state index >= 15 is 0 Å². The molecule has 0 bridgehead atoms. The fraction of sp³-hybridized carbons (Fsp3) is 0.0667. The number of alkyl halides is 3. The molecule has 12 heteroatoms. The van der Waals surface area contributed by atoms with E-state index in [1.54, 1.807) is 48.7 Å². The van der Waals surface area contributed by atoms with Crippen LogP contribution >= 0.6 is 11.6 Å². The molecular weight excluding hydrogens is 571 g/mol. The minimum atomic E-state index is -4.62. The molecule has 0 atom stereocenters. The third-order valence-electron chi connectivity index (χ3n) is 6.59. The standard InChI is InChI=1S/C30H19ClF3N5O3/c1-38-14-11-21-25(10-13-36-27(21)38)42-20-7-5-19(6-8-20)37-28(40)22-15-17-3-2-12-35-26(17)39(29(22)41)24-9-4-18(16-23(24)31)30(32,33)34/h2-16H,1H3,(H,37,40). The summed E-state index contributed by atoms with van der Waals surface area (Å²) in [6, 6.07) is 17.4. The quantitative estimate of drug-likeness (QED) is 0.234. The van der Waals surface area contributed by atoms with Gasteiger partial charge in [0.2, 0.25) is 0 Å². The maximum Gasteiger partial charge on any atom is 0.416 e. The van der Waals surface area contributed by atoms with Gasteiger partial charge >= 0.3 is 6.18 Å². The van der Waals surface area contributed by atoms with Crippen LogP contribution in [0.5, 0.6) is 11.5 Å². The van der Waals surface area contributed by atoms with Gasteiger partial charge in [0.25, 0.3) is 11.5 Å². The van der Waals surface area contributed by atoms with Gasteiger partial charge < -0.3 is 14.6 Å². The van der Waals surface area contributed by atoms with Gasteiger partial charge in [-0.25, -0.2) is 9.97 Å². The Morgan fingerprint density at radius 1 is 0.952 bits per heavy atom. The Bertz CT molecular complexity index is 2050. The largest absolute Gasteiger partial charge is 0.457 e. The molecule has 42 heavy (non-hydrogen) atoms. The Hall–Kier alpha value is -5.16. The number of amides is 1. The number of carbonyl (C=O) groups is 1. The molecule has 8 nitrogen and oxygen atoms in total. The summed E-state index contributed by atoms with van der Waals surface area (Å²) in [6.07, 6.45) is 0.331. The Kier molecular flexibility index (Phi) is 6.66. The zero-order valence-electron chi connectivity index (χ0n) is 21.7. The summed E-state index contributed by atoms with van der Waals surface area (Å²) in [5.41, 5.74) is -0.786. The van der Waals surface area contributed by atoms with E-state index in [1.165, 1.54) is 12.3 Å². The number of aromatic nitrogens is 4. The number of benzene rings is 2. The maximum atomic E-state index is 13.6. The van der Waals surface area contributed by atoms with Crippen molar-refractivity contribution in [2.24, 2.45) is 7.05 Å². The summed E-state index contributed by atoms with van der Waals surface area (Å²) in [4.78, 5) is 35.4. The van der Waals surface area contributed by atoms with Crippen LogP contribution in [0.4, 0.5) is 18.9 Å². The molecule has 0 aliphatic heterocycles. The van der Waals surface area contributed by atoms with E-state index in [4.69, 9.17) is 16.3 Å². The Morgan fingerprint density at radius 3 is 2.45 bits per heavy atom. The van der Waals surface area contributed by atoms with Crippen molar-refractivity contribution in [1.82, 2.24) is 19.1 Å². The predicted molar refractivity (Wildman–Crippen MR) is 153 cm³/mol. The molecule has 6 aromatic rings. The monoisotopic (exact) mass is 589 g/mol. The van der Waals surface area contributed by atoms with E-state index in [-0.39, 0.29) is 21.9 Å². The fourth-order valence-electron chi connectivity index (χ4n) is 4.55. The minimum absolute atomic E-state index is 0.0434. The molecule has 0 aliphatic carbocycles. The molecule has 6 rings (SSSR count). The van der Waals surface area contributed by atoms with Crippen LogP contribution < -0.4 is 15.6 Å². The van der Waals surface area contributed by atoms with Crippen molar-refractivity contribution in [1.29, 1.82) is 0 Å². The number of anilines is 1. The van der Waals surface area contributed by atoms with Gasteiger partial charge in [0.15, 0.2) is 0 Å². The molecule has 4 heterocycles. The highest BCUT2D eigenvalue weighted by molar-refractivity contribution is 6.32. The van der Waals surface area contributed by atoms with E-state index < -0.39 is 23.2 Å². The van der Waals surface area contributed by atoms with E-state index in [0.29, 0.717) is 22.6 Å². The van der Waals surface area contributed by atoms with Crippen molar-refractivity contribution in [3.63, 3.8) is 0 Å². The third-order valence-corrected chi connectivity index (χ3v) is 6.89. The Balaban J connectivity index is 1.31. The molecule has 2 aromatic carbocycles. The fourth-order valence-corrected chi connectivity index (χ4v) is 4.82. The zero-order valence-corrected chi connectivity index (χ0v) is 22.4. The normalized spacial score (nSPS) is 11.6. The lowest BCUT2D eigenvalue weighted by atomic mass is 10.1. The minimum Gasteiger partial charge on any atom is -0.457 e. The SMILES string of the molecule is Cn1ccc2c(Oc3ccc(NC(=O)c4cc5cccnc5n(-c5ccc(C(F)(F)F)cc5Cl)c4=O)cc3)ccnc21. The Labute approximate surface area is 240 Å². The van der Waals surface area contributed by atoms with Gasteiger partial charge in [0.05, 0.1) is 21.7 Å². The van der Waals surface area contributed by atoms with Crippen molar-refractivity contribution < 1.29 is 22.7 Å². The molecule has 1 amide bonds. The molecule has 210 valence electrons. The molecule has 4 aromatic heterocycles. The lowest BCUT2D eigenvalue weighted by Crippen LogP contribution is -2.29. The van der Waals surface area contributed by atoms with Gasteiger partial charge in [0, 0.05) is 36.7 Å². The van der Waals surface area contributed by atoms with Crippen LogP contribution in [0.3, 0.4) is 0 Å². The van der Waals surface area contributed by atoms with Crippen LogP contribution in [-0.2, 0) is 13.2 Å². The number of hydrogen-bond acceptors (Lipinski definition) is 5. The number of nitrogens with one attached hydrogen (secondary N) is 1. The lowest BCUT2D eigenvalue weighted by Gasteiger charge is -2.15. The maximum absolute atomic E-state index is 13.6. The van der Waals surface area contributed by atoms with Crippen LogP contribution in [-0.4, -0.2) is 25.0 Å². The zero-order chi connectivity index (χ0) is 29.6. The first kappa shape index (κ1) is 27.0. The first-order valence-corrected chi connectivity index (χ1v) is 12.8. The first-order valence-electron chi connectivity index (χ1n) is 12.5. The van der Waals surface area contributed by atoms with E-state index in [0.717, 1.165) is 33.8 Å². The number of carbonyl (C=O) groups excluding carboxylic acids is 1. The molecule has 1 N–H and O–H groups in total. The second kappa shape index (κ2) is 10.3. The summed E-state index contributed by atoms with van der Waals surface area (Å²) in [7, 11) is 1.88. The van der Waals surface area contributed by atoms with Crippen LogP contribution in [0.15, 0.2) is 96.2 Å². The van der Waals surface area contributed by atoms with Gasteiger partial charge in [-0.1, -0.05) is 11.6 Å². The number of rotatable bonds is 5. The van der Waals surface area contributed by atoms with Crippen molar-refractivity contribution in [3.05, 3.63) is 118 Å². The smallest absolute Gasteiger partial charge is 0.416 e. The van der Waals surface area contributed by atoms with Gasteiger partial charge in [0.1, 0.15) is 28.4 Å². The van der Waals surface area contributed by atoms with Crippen LogP contribution in [0.2, 0.25) is 5.02 Å². The molecule has 0 radical (unpaired) electrons. The highest BCUT2D eigenvalue weighted by Crippen LogP contribution is 2.34. The second-order valence-corrected chi connectivity index (χ2v) is 9.74. The highest BCUT2D eigenvalue weighted by atomic mass is 35.5. The topological polar surface area (TPSA) is 91.0 Å². The van der Waals surface area contributed by atoms with Crippen molar-refractivity contribution in [2.45, 2.75) is 6.18 Å². The van der Waals surface area contributed by atoms with E-state index in [2.05, 4.69) is 15.3 Å². The summed E-state index contributed by atoms with van der Waals surface area (Å²) in [5, 5.41) is 3.61. The van der Waals surface area contributed by atoms with Crippen LogP contribution in [0, 0.1) is 0 Å². The lowest BCUT2D eigenvalue weighted by molar-refractivity contribution is -0.137. The van der Waals surface area contributed by atoms with Gasteiger partial charge in [-0.2, -0.15) is 13.2 Å². The number of fused-ring (bicyclic) bond motifs is 2. The molecular formula is C30H19ClF3N5O3. The Morgan fingerprint density at radius 2 is 1.71 bits per heavy atom. The summed E-state index contributed by atoms with van der Waals surface area (Å²) >= 11 is 6.21. The van der Waals surface area contributed by atoms with Crippen molar-refractivity contribution in [3.8, 4) is 17.2 Å². The molecule has 0 unspecified atom stereocenters. The molecule has 0 saturated carbocycles. The van der Waals surface area contributed by atoms with E-state index in [1.807, 2.05) is 23.9 Å².